The first-order chi connectivity index (χ1) is 7.65. The van der Waals surface area contributed by atoms with Crippen LogP contribution in [0.4, 0.5) is 5.69 Å². The minimum absolute atomic E-state index is 0.452. The van der Waals surface area contributed by atoms with Crippen molar-refractivity contribution in [2.45, 2.75) is 17.6 Å². The molecule has 1 atom stereocenters. The summed E-state index contributed by atoms with van der Waals surface area (Å²) in [5.74, 6) is 0.452. The molecule has 0 aliphatic carbocycles. The Hall–Kier alpha value is -1.20. The fourth-order valence-electron chi connectivity index (χ4n) is 1.35. The highest BCUT2D eigenvalue weighted by Crippen LogP contribution is 2.16. The van der Waals surface area contributed by atoms with Gasteiger partial charge in [-0.15, -0.1) is 11.3 Å². The normalized spacial score (nSPS) is 12.6. The first-order valence-corrected chi connectivity index (χ1v) is 7.00. The molecule has 0 aliphatic heterocycles. The minimum Gasteiger partial charge on any atom is -0.399 e. The first kappa shape index (κ1) is 11.3. The number of hydrogen-bond donors (Lipinski definition) is 1. The summed E-state index contributed by atoms with van der Waals surface area (Å²) in [4.78, 5) is 5.05. The zero-order valence-corrected chi connectivity index (χ0v) is 10.5. The second-order valence-electron chi connectivity index (χ2n) is 3.42. The van der Waals surface area contributed by atoms with Crippen LogP contribution < -0.4 is 5.73 Å². The Morgan fingerprint density at radius 3 is 2.94 bits per heavy atom. The molecule has 0 saturated heterocycles. The van der Waals surface area contributed by atoms with E-state index in [1.807, 2.05) is 24.4 Å². The smallest absolute Gasteiger partial charge is 0.0897 e. The summed E-state index contributed by atoms with van der Waals surface area (Å²) in [6.07, 6.45) is 0. The van der Waals surface area contributed by atoms with Crippen LogP contribution in [0, 0.1) is 6.92 Å². The van der Waals surface area contributed by atoms with Crippen LogP contribution in [0.3, 0.4) is 0 Å². The molecule has 0 bridgehead atoms. The fourth-order valence-corrected chi connectivity index (χ4v) is 3.15. The van der Waals surface area contributed by atoms with Gasteiger partial charge in [-0.05, 0) is 25.1 Å². The number of aryl methyl sites for hydroxylation is 1. The van der Waals surface area contributed by atoms with Crippen LogP contribution in [-0.4, -0.2) is 9.19 Å². The molecule has 1 unspecified atom stereocenters. The number of nitrogens with two attached hydrogens (primary N) is 1. The molecule has 0 spiro atoms. The Bertz CT molecular complexity index is 522. The predicted molar refractivity (Wildman–Crippen MR) is 67.8 cm³/mol. The van der Waals surface area contributed by atoms with Gasteiger partial charge in [0.2, 0.25) is 0 Å². The Labute approximate surface area is 101 Å². The van der Waals surface area contributed by atoms with Gasteiger partial charge in [-0.2, -0.15) is 0 Å². The molecule has 2 N–H and O–H groups in total. The second-order valence-corrected chi connectivity index (χ2v) is 5.93. The highest BCUT2D eigenvalue weighted by Gasteiger charge is 2.07. The van der Waals surface area contributed by atoms with E-state index < -0.39 is 10.8 Å². The van der Waals surface area contributed by atoms with Gasteiger partial charge < -0.3 is 5.73 Å². The van der Waals surface area contributed by atoms with Crippen LogP contribution in [0.5, 0.6) is 0 Å². The number of thiazole rings is 1. The molecule has 0 radical (unpaired) electrons. The van der Waals surface area contributed by atoms with Crippen molar-refractivity contribution in [3.05, 3.63) is 40.3 Å². The number of nitrogens with zero attached hydrogens (tertiary/aromatic N) is 1. The molecular formula is C11H12N2OS2. The Kier molecular flexibility index (Phi) is 3.36. The van der Waals surface area contributed by atoms with E-state index in [1.54, 1.807) is 23.5 Å². The summed E-state index contributed by atoms with van der Waals surface area (Å²) in [5, 5.41) is 2.94. The van der Waals surface area contributed by atoms with Crippen molar-refractivity contribution in [2.24, 2.45) is 0 Å². The highest BCUT2D eigenvalue weighted by atomic mass is 32.2. The molecule has 1 aromatic heterocycles. The van der Waals surface area contributed by atoms with E-state index in [2.05, 4.69) is 4.98 Å². The molecule has 1 aromatic carbocycles. The molecule has 84 valence electrons. The summed E-state index contributed by atoms with van der Waals surface area (Å²) >= 11 is 1.57. The summed E-state index contributed by atoms with van der Waals surface area (Å²) in [7, 11) is -1.07. The molecule has 16 heavy (non-hydrogen) atoms. The zero-order chi connectivity index (χ0) is 11.5. The van der Waals surface area contributed by atoms with Crippen LogP contribution in [0.2, 0.25) is 0 Å². The van der Waals surface area contributed by atoms with Crippen LogP contribution in [-0.2, 0) is 16.6 Å². The fraction of sp³-hybridized carbons (Fsp3) is 0.182. The van der Waals surface area contributed by atoms with Gasteiger partial charge in [-0.25, -0.2) is 4.98 Å². The zero-order valence-electron chi connectivity index (χ0n) is 8.84. The largest absolute Gasteiger partial charge is 0.399 e. The SMILES string of the molecule is Cc1nc(CS(=O)c2cccc(N)c2)cs1. The average Bonchev–Trinajstić information content (AvgIpc) is 2.64. The number of hydrogen-bond acceptors (Lipinski definition) is 4. The van der Waals surface area contributed by atoms with E-state index in [4.69, 9.17) is 5.73 Å². The van der Waals surface area contributed by atoms with Gasteiger partial charge in [-0.3, -0.25) is 4.21 Å². The third-order valence-electron chi connectivity index (χ3n) is 2.07. The summed E-state index contributed by atoms with van der Waals surface area (Å²) in [5.41, 5.74) is 7.16. The third-order valence-corrected chi connectivity index (χ3v) is 4.23. The van der Waals surface area contributed by atoms with E-state index in [0.29, 0.717) is 11.4 Å². The number of rotatable bonds is 3. The van der Waals surface area contributed by atoms with Crippen molar-refractivity contribution in [3.8, 4) is 0 Å². The molecule has 2 rings (SSSR count). The van der Waals surface area contributed by atoms with Crippen molar-refractivity contribution >= 4 is 27.8 Å². The van der Waals surface area contributed by atoms with Crippen LogP contribution in [0.15, 0.2) is 34.5 Å². The van der Waals surface area contributed by atoms with Crippen molar-refractivity contribution < 1.29 is 4.21 Å². The Balaban J connectivity index is 2.14. The molecule has 3 nitrogen and oxygen atoms in total. The molecule has 5 heteroatoms. The summed E-state index contributed by atoms with van der Waals surface area (Å²) < 4.78 is 12.0. The maximum Gasteiger partial charge on any atom is 0.0897 e. The summed E-state index contributed by atoms with van der Waals surface area (Å²) in [6, 6.07) is 7.17. The Morgan fingerprint density at radius 1 is 1.50 bits per heavy atom. The van der Waals surface area contributed by atoms with Gasteiger partial charge in [0.15, 0.2) is 0 Å². The third kappa shape index (κ3) is 2.68. The van der Waals surface area contributed by atoms with Crippen molar-refractivity contribution in [1.29, 1.82) is 0 Å². The standard InChI is InChI=1S/C11H12N2OS2/c1-8-13-10(6-15-8)7-16(14)11-4-2-3-9(12)5-11/h2-6H,7,12H2,1H3. The van der Waals surface area contributed by atoms with E-state index in [-0.39, 0.29) is 0 Å². The molecule has 0 aliphatic rings. The maximum absolute atomic E-state index is 12.0. The monoisotopic (exact) mass is 252 g/mol. The molecule has 0 amide bonds. The lowest BCUT2D eigenvalue weighted by Gasteiger charge is -2.01. The van der Waals surface area contributed by atoms with Gasteiger partial charge >= 0.3 is 0 Å². The molecule has 0 fully saturated rings. The lowest BCUT2D eigenvalue weighted by molar-refractivity contribution is 0.682. The highest BCUT2D eigenvalue weighted by molar-refractivity contribution is 7.84. The number of benzene rings is 1. The van der Waals surface area contributed by atoms with Gasteiger partial charge in [0.25, 0.3) is 0 Å². The number of aromatic nitrogens is 1. The topological polar surface area (TPSA) is 56.0 Å². The lowest BCUT2D eigenvalue weighted by atomic mass is 10.3. The van der Waals surface area contributed by atoms with E-state index in [0.717, 1.165) is 15.6 Å². The van der Waals surface area contributed by atoms with Crippen LogP contribution >= 0.6 is 11.3 Å². The molecule has 2 aromatic rings. The van der Waals surface area contributed by atoms with Crippen LogP contribution in [0.1, 0.15) is 10.7 Å². The Morgan fingerprint density at radius 2 is 2.31 bits per heavy atom. The van der Waals surface area contributed by atoms with Gasteiger partial charge in [-0.1, -0.05) is 6.07 Å². The van der Waals surface area contributed by atoms with Gasteiger partial charge in [0.1, 0.15) is 0 Å². The van der Waals surface area contributed by atoms with Gasteiger partial charge in [0, 0.05) is 16.0 Å². The van der Waals surface area contributed by atoms with E-state index in [1.165, 1.54) is 0 Å². The number of nitrogen functional groups attached to an aromatic ring is 1. The average molecular weight is 252 g/mol. The lowest BCUT2D eigenvalue weighted by Crippen LogP contribution is -1.98. The van der Waals surface area contributed by atoms with Crippen molar-refractivity contribution in [2.75, 3.05) is 5.73 Å². The van der Waals surface area contributed by atoms with Crippen molar-refractivity contribution in [1.82, 2.24) is 4.98 Å². The number of anilines is 1. The van der Waals surface area contributed by atoms with E-state index >= 15 is 0 Å². The maximum atomic E-state index is 12.0. The van der Waals surface area contributed by atoms with Gasteiger partial charge in [0.05, 0.1) is 27.3 Å². The van der Waals surface area contributed by atoms with Crippen molar-refractivity contribution in [3.63, 3.8) is 0 Å². The quantitative estimate of drug-likeness (QED) is 0.853. The molecule has 1 heterocycles. The predicted octanol–water partition coefficient (Wildman–Crippen LogP) is 2.34. The second kappa shape index (κ2) is 4.76. The van der Waals surface area contributed by atoms with E-state index in [9.17, 15) is 4.21 Å². The minimum atomic E-state index is -1.07. The summed E-state index contributed by atoms with van der Waals surface area (Å²) in [6.45, 7) is 1.94. The molecule has 0 saturated carbocycles. The first-order valence-electron chi connectivity index (χ1n) is 4.80. The van der Waals surface area contributed by atoms with Crippen LogP contribution in [0.25, 0.3) is 0 Å². The molecular weight excluding hydrogens is 240 g/mol.